The highest BCUT2D eigenvalue weighted by molar-refractivity contribution is 6.66. The Morgan fingerprint density at radius 2 is 1.00 bits per heavy atom. The molecule has 0 N–H and O–H groups in total. The molecule has 0 aliphatic carbocycles. The van der Waals surface area contributed by atoms with Crippen molar-refractivity contribution in [3.63, 3.8) is 0 Å². The minimum Gasteiger partial charge on any atom is -0.442 e. The third-order valence-electron chi connectivity index (χ3n) is 0.928. The molecule has 2 nitrogen and oxygen atoms in total. The van der Waals surface area contributed by atoms with Gasteiger partial charge in [0.1, 0.15) is 0 Å². The van der Waals surface area contributed by atoms with Crippen molar-refractivity contribution >= 4 is 27.4 Å². The fourth-order valence-electron chi connectivity index (χ4n) is 0.799. The lowest BCUT2D eigenvalue weighted by Gasteiger charge is -2.17. The van der Waals surface area contributed by atoms with Crippen molar-refractivity contribution < 1.29 is 8.23 Å². The maximum absolute atomic E-state index is 5.65. The first-order valence-corrected chi connectivity index (χ1v) is 11.5. The maximum atomic E-state index is 5.65. The predicted molar refractivity (Wildman–Crippen MR) is 52.9 cm³/mol. The molecule has 0 unspecified atom stereocenters. The Kier molecular flexibility index (Phi) is 5.55. The Labute approximate surface area is 68.9 Å². The Bertz CT molecular complexity index is 77.0. The smallest absolute Gasteiger partial charge is 0.297 e. The van der Waals surface area contributed by atoms with Crippen LogP contribution < -0.4 is 0 Å². The van der Waals surface area contributed by atoms with E-state index in [1.807, 2.05) is 0 Å². The third kappa shape index (κ3) is 6.69. The molecular weight excluding hydrogens is 176 g/mol. The second-order valence-electron chi connectivity index (χ2n) is 2.94. The summed E-state index contributed by atoms with van der Waals surface area (Å²) in [6.07, 6.45) is 0. The van der Waals surface area contributed by atoms with Gasteiger partial charge in [-0.25, -0.2) is 0 Å². The van der Waals surface area contributed by atoms with Crippen LogP contribution in [0.25, 0.3) is 0 Å². The largest absolute Gasteiger partial charge is 0.442 e. The van der Waals surface area contributed by atoms with Crippen molar-refractivity contribution in [1.29, 1.82) is 0 Å². The fraction of sp³-hybridized carbons (Fsp3) is 1.00. The summed E-state index contributed by atoms with van der Waals surface area (Å²) in [7, 11) is -2.85. The maximum Gasteiger partial charge on any atom is 0.297 e. The first kappa shape index (κ1) is 10.6. The van der Waals surface area contributed by atoms with E-state index in [0.717, 1.165) is 0 Å². The Balaban J connectivity index is 3.34. The molecule has 0 heterocycles. The molecule has 0 saturated carbocycles. The minimum atomic E-state index is -1.19. The summed E-state index contributed by atoms with van der Waals surface area (Å²) >= 11 is 0. The Morgan fingerprint density at radius 1 is 0.700 bits per heavy atom. The first-order valence-electron chi connectivity index (χ1n) is 3.83. The quantitative estimate of drug-likeness (QED) is 0.618. The second-order valence-corrected chi connectivity index (χ2v) is 10.4. The SMILES string of the molecule is C[SiH](C)O[SiH](C)O[SiH](C)C. The zero-order chi connectivity index (χ0) is 8.15. The summed E-state index contributed by atoms with van der Waals surface area (Å²) in [5.41, 5.74) is 0. The molecule has 0 amide bonds. The van der Waals surface area contributed by atoms with Crippen LogP contribution in [0.15, 0.2) is 0 Å². The average Bonchev–Trinajstić information content (AvgIpc) is 1.58. The van der Waals surface area contributed by atoms with Crippen molar-refractivity contribution in [2.75, 3.05) is 0 Å². The molecule has 0 aromatic heterocycles. The standard InChI is InChI=1S/C5H18O2Si3/c1-8(2)6-10(5)7-9(3)4/h8-10H,1-5H3. The van der Waals surface area contributed by atoms with Crippen molar-refractivity contribution in [3.8, 4) is 0 Å². The van der Waals surface area contributed by atoms with Crippen molar-refractivity contribution in [2.45, 2.75) is 32.7 Å². The van der Waals surface area contributed by atoms with E-state index in [9.17, 15) is 0 Å². The fourth-order valence-corrected chi connectivity index (χ4v) is 7.77. The minimum absolute atomic E-state index is 0.828. The second kappa shape index (κ2) is 5.25. The van der Waals surface area contributed by atoms with Gasteiger partial charge in [0.2, 0.25) is 0 Å². The van der Waals surface area contributed by atoms with E-state index in [-0.39, 0.29) is 0 Å². The van der Waals surface area contributed by atoms with Gasteiger partial charge in [-0.15, -0.1) is 0 Å². The van der Waals surface area contributed by atoms with Gasteiger partial charge in [-0.05, 0) is 32.7 Å². The summed E-state index contributed by atoms with van der Waals surface area (Å²) in [6, 6.07) is 0. The van der Waals surface area contributed by atoms with Gasteiger partial charge >= 0.3 is 0 Å². The van der Waals surface area contributed by atoms with E-state index in [1.165, 1.54) is 0 Å². The monoisotopic (exact) mass is 194 g/mol. The summed E-state index contributed by atoms with van der Waals surface area (Å²) in [4.78, 5) is 0. The lowest BCUT2D eigenvalue weighted by Crippen LogP contribution is -2.29. The van der Waals surface area contributed by atoms with Crippen LogP contribution in [-0.4, -0.2) is 27.4 Å². The predicted octanol–water partition coefficient (Wildman–Crippen LogP) is 0.837. The number of rotatable bonds is 4. The molecule has 62 valence electrons. The van der Waals surface area contributed by atoms with Gasteiger partial charge in [0.05, 0.1) is 0 Å². The van der Waals surface area contributed by atoms with Crippen LogP contribution >= 0.6 is 0 Å². The Hall–Kier alpha value is 0.571. The van der Waals surface area contributed by atoms with E-state index in [1.54, 1.807) is 0 Å². The van der Waals surface area contributed by atoms with Crippen LogP contribution in [0.2, 0.25) is 32.7 Å². The van der Waals surface area contributed by atoms with Crippen LogP contribution in [0.5, 0.6) is 0 Å². The molecule has 0 spiro atoms. The third-order valence-corrected chi connectivity index (χ3v) is 8.35. The topological polar surface area (TPSA) is 18.5 Å². The summed E-state index contributed by atoms with van der Waals surface area (Å²) < 4.78 is 11.3. The van der Waals surface area contributed by atoms with Crippen molar-refractivity contribution in [2.24, 2.45) is 0 Å². The van der Waals surface area contributed by atoms with E-state index in [2.05, 4.69) is 32.7 Å². The highest BCUT2D eigenvalue weighted by Gasteiger charge is 2.09. The molecule has 0 aliphatic rings. The van der Waals surface area contributed by atoms with E-state index in [0.29, 0.717) is 0 Å². The van der Waals surface area contributed by atoms with Crippen LogP contribution in [0.4, 0.5) is 0 Å². The van der Waals surface area contributed by atoms with Gasteiger partial charge < -0.3 is 8.23 Å². The first-order chi connectivity index (χ1) is 4.52. The molecule has 10 heavy (non-hydrogen) atoms. The lowest BCUT2D eigenvalue weighted by molar-refractivity contribution is 0.449. The highest BCUT2D eigenvalue weighted by Crippen LogP contribution is 1.95. The van der Waals surface area contributed by atoms with Crippen LogP contribution in [-0.2, 0) is 8.23 Å². The average molecular weight is 194 g/mol. The molecule has 0 radical (unpaired) electrons. The molecule has 5 heteroatoms. The zero-order valence-corrected chi connectivity index (χ0v) is 11.0. The van der Waals surface area contributed by atoms with E-state index in [4.69, 9.17) is 8.23 Å². The molecule has 0 atom stereocenters. The van der Waals surface area contributed by atoms with Gasteiger partial charge in [0.15, 0.2) is 18.1 Å². The number of hydrogen-bond acceptors (Lipinski definition) is 2. The Morgan fingerprint density at radius 3 is 1.20 bits per heavy atom. The number of hydrogen-bond donors (Lipinski definition) is 0. The molecule has 0 fully saturated rings. The van der Waals surface area contributed by atoms with Crippen molar-refractivity contribution in [3.05, 3.63) is 0 Å². The van der Waals surface area contributed by atoms with Crippen molar-refractivity contribution in [1.82, 2.24) is 0 Å². The normalized spacial score (nSPS) is 12.0. The van der Waals surface area contributed by atoms with Gasteiger partial charge in [-0.1, -0.05) is 0 Å². The summed E-state index contributed by atoms with van der Waals surface area (Å²) in [5.74, 6) is 0. The van der Waals surface area contributed by atoms with Gasteiger partial charge in [0, 0.05) is 0 Å². The van der Waals surface area contributed by atoms with Gasteiger partial charge in [-0.3, -0.25) is 0 Å². The lowest BCUT2D eigenvalue weighted by atomic mass is 11.9. The van der Waals surface area contributed by atoms with Gasteiger partial charge in [-0.2, -0.15) is 0 Å². The summed E-state index contributed by atoms with van der Waals surface area (Å²) in [5, 5.41) is 0. The molecule has 0 saturated heterocycles. The molecular formula is C5H18O2Si3. The van der Waals surface area contributed by atoms with Crippen LogP contribution in [0.3, 0.4) is 0 Å². The van der Waals surface area contributed by atoms with Crippen LogP contribution in [0.1, 0.15) is 0 Å². The van der Waals surface area contributed by atoms with E-state index >= 15 is 0 Å². The zero-order valence-electron chi connectivity index (χ0n) is 7.55. The molecule has 0 aromatic carbocycles. The molecule has 0 bridgehead atoms. The highest BCUT2D eigenvalue weighted by atomic mass is 28.4. The summed E-state index contributed by atoms with van der Waals surface area (Å²) in [6.45, 7) is 10.9. The molecule has 0 rings (SSSR count). The molecule has 0 aliphatic heterocycles. The molecule has 0 aromatic rings. The van der Waals surface area contributed by atoms with E-state index < -0.39 is 27.4 Å². The van der Waals surface area contributed by atoms with Gasteiger partial charge in [0.25, 0.3) is 9.28 Å². The van der Waals surface area contributed by atoms with Crippen LogP contribution in [0, 0.1) is 0 Å².